The van der Waals surface area contributed by atoms with Crippen LogP contribution < -0.4 is 0 Å². The Hall–Kier alpha value is -1.10. The molecule has 1 aromatic rings. The van der Waals surface area contributed by atoms with Crippen LogP contribution in [0.4, 0.5) is 0 Å². The van der Waals surface area contributed by atoms with Gasteiger partial charge in [-0.05, 0) is 31.5 Å². The summed E-state index contributed by atoms with van der Waals surface area (Å²) in [6, 6.07) is 7.38. The van der Waals surface area contributed by atoms with Gasteiger partial charge in [-0.3, -0.25) is 4.90 Å². The molecule has 108 valence electrons. The lowest BCUT2D eigenvalue weighted by atomic mass is 10.2. The summed E-state index contributed by atoms with van der Waals surface area (Å²) < 4.78 is 10.8. The summed E-state index contributed by atoms with van der Waals surface area (Å²) in [4.78, 5) is 2.28. The van der Waals surface area contributed by atoms with E-state index in [2.05, 4.69) is 4.90 Å². The number of phenolic OH excluding ortho intramolecular Hbond substituents is 1. The monoisotopic (exact) mass is 267 g/mol. The summed E-state index contributed by atoms with van der Waals surface area (Å²) in [5.41, 5.74) is 1.10. The average molecular weight is 267 g/mol. The third-order valence-electron chi connectivity index (χ3n) is 2.83. The molecule has 0 unspecified atom stereocenters. The fourth-order valence-electron chi connectivity index (χ4n) is 1.86. The summed E-state index contributed by atoms with van der Waals surface area (Å²) in [7, 11) is 0. The zero-order chi connectivity index (χ0) is 13.9. The van der Waals surface area contributed by atoms with E-state index in [0.29, 0.717) is 5.75 Å². The maximum Gasteiger partial charge on any atom is 0.115 e. The van der Waals surface area contributed by atoms with Crippen LogP contribution in [0.5, 0.6) is 5.75 Å². The van der Waals surface area contributed by atoms with Gasteiger partial charge < -0.3 is 14.6 Å². The fraction of sp³-hybridized carbons (Fsp3) is 0.600. The largest absolute Gasteiger partial charge is 0.508 e. The normalized spacial score (nSPS) is 11.1. The number of rotatable bonds is 10. The molecule has 0 amide bonds. The highest BCUT2D eigenvalue weighted by molar-refractivity contribution is 5.26. The first kappa shape index (κ1) is 16.0. The maximum absolute atomic E-state index is 9.49. The van der Waals surface area contributed by atoms with E-state index in [9.17, 15) is 5.11 Å². The Kier molecular flexibility index (Phi) is 8.21. The van der Waals surface area contributed by atoms with E-state index in [0.717, 1.165) is 51.6 Å². The van der Waals surface area contributed by atoms with Gasteiger partial charge in [-0.1, -0.05) is 12.1 Å². The molecule has 0 aliphatic heterocycles. The third-order valence-corrected chi connectivity index (χ3v) is 2.83. The van der Waals surface area contributed by atoms with Gasteiger partial charge in [-0.25, -0.2) is 0 Å². The highest BCUT2D eigenvalue weighted by Gasteiger charge is 2.06. The van der Waals surface area contributed by atoms with Gasteiger partial charge in [-0.2, -0.15) is 0 Å². The zero-order valence-electron chi connectivity index (χ0n) is 12.0. The van der Waals surface area contributed by atoms with Crippen LogP contribution in [-0.4, -0.2) is 49.5 Å². The Morgan fingerprint density at radius 1 is 1.05 bits per heavy atom. The minimum absolute atomic E-state index is 0.312. The van der Waals surface area contributed by atoms with Crippen molar-refractivity contribution in [3.63, 3.8) is 0 Å². The molecule has 0 atom stereocenters. The second-order valence-corrected chi connectivity index (χ2v) is 4.34. The first-order chi connectivity index (χ1) is 9.26. The molecule has 0 aliphatic carbocycles. The van der Waals surface area contributed by atoms with E-state index in [1.807, 2.05) is 26.0 Å². The third kappa shape index (κ3) is 7.15. The fourth-order valence-corrected chi connectivity index (χ4v) is 1.86. The van der Waals surface area contributed by atoms with Crippen LogP contribution in [0, 0.1) is 0 Å². The minimum atomic E-state index is 0.312. The number of benzene rings is 1. The van der Waals surface area contributed by atoms with Crippen molar-refractivity contribution in [3.05, 3.63) is 29.8 Å². The number of nitrogens with zero attached hydrogens (tertiary/aromatic N) is 1. The Morgan fingerprint density at radius 2 is 1.68 bits per heavy atom. The van der Waals surface area contributed by atoms with Gasteiger partial charge in [0.05, 0.1) is 13.2 Å². The first-order valence-electron chi connectivity index (χ1n) is 6.92. The van der Waals surface area contributed by atoms with Gasteiger partial charge in [0.2, 0.25) is 0 Å². The molecule has 4 heteroatoms. The van der Waals surface area contributed by atoms with E-state index in [4.69, 9.17) is 9.47 Å². The molecule has 1 rings (SSSR count). The molecule has 0 spiro atoms. The SMILES string of the molecule is CCOCCN(CCOCC)Cc1cccc(O)c1. The number of phenols is 1. The summed E-state index contributed by atoms with van der Waals surface area (Å²) in [5.74, 6) is 0.312. The lowest BCUT2D eigenvalue weighted by Crippen LogP contribution is -2.30. The van der Waals surface area contributed by atoms with Crippen LogP contribution in [0.1, 0.15) is 19.4 Å². The van der Waals surface area contributed by atoms with Crippen LogP contribution in [0.3, 0.4) is 0 Å². The van der Waals surface area contributed by atoms with Crippen molar-refractivity contribution in [3.8, 4) is 5.75 Å². The highest BCUT2D eigenvalue weighted by Crippen LogP contribution is 2.12. The summed E-state index contributed by atoms with van der Waals surface area (Å²) >= 11 is 0. The van der Waals surface area contributed by atoms with Gasteiger partial charge in [-0.15, -0.1) is 0 Å². The average Bonchev–Trinajstić information content (AvgIpc) is 2.39. The van der Waals surface area contributed by atoms with Crippen molar-refractivity contribution >= 4 is 0 Å². The maximum atomic E-state index is 9.49. The van der Waals surface area contributed by atoms with Crippen molar-refractivity contribution in [2.24, 2.45) is 0 Å². The van der Waals surface area contributed by atoms with Gasteiger partial charge in [0.1, 0.15) is 5.75 Å². The van der Waals surface area contributed by atoms with Gasteiger partial charge in [0, 0.05) is 32.8 Å². The molecule has 1 N–H and O–H groups in total. The summed E-state index contributed by atoms with van der Waals surface area (Å²) in [6.07, 6.45) is 0. The number of aromatic hydroxyl groups is 1. The Labute approximate surface area is 115 Å². The summed E-state index contributed by atoms with van der Waals surface area (Å²) in [5, 5.41) is 9.49. The van der Waals surface area contributed by atoms with Crippen LogP contribution in [-0.2, 0) is 16.0 Å². The standard InChI is InChI=1S/C15H25NO3/c1-3-18-10-8-16(9-11-19-4-2)13-14-6-5-7-15(17)12-14/h5-7,12,17H,3-4,8-11,13H2,1-2H3. The number of ether oxygens (including phenoxy) is 2. The Bertz CT molecular complexity index is 334. The molecule has 0 saturated carbocycles. The Balaban J connectivity index is 2.46. The van der Waals surface area contributed by atoms with Crippen LogP contribution >= 0.6 is 0 Å². The lowest BCUT2D eigenvalue weighted by molar-refractivity contribution is 0.0797. The Morgan fingerprint density at radius 3 is 2.21 bits per heavy atom. The zero-order valence-corrected chi connectivity index (χ0v) is 12.0. The van der Waals surface area contributed by atoms with Crippen molar-refractivity contribution in [2.75, 3.05) is 39.5 Å². The number of hydrogen-bond donors (Lipinski definition) is 1. The molecular formula is C15H25NO3. The topological polar surface area (TPSA) is 41.9 Å². The molecule has 0 fully saturated rings. The molecule has 0 aromatic heterocycles. The molecule has 0 bridgehead atoms. The highest BCUT2D eigenvalue weighted by atomic mass is 16.5. The first-order valence-corrected chi connectivity index (χ1v) is 6.92. The molecule has 0 radical (unpaired) electrons. The van der Waals surface area contributed by atoms with Crippen LogP contribution in [0.15, 0.2) is 24.3 Å². The number of hydrogen-bond acceptors (Lipinski definition) is 4. The smallest absolute Gasteiger partial charge is 0.115 e. The second kappa shape index (κ2) is 9.78. The molecular weight excluding hydrogens is 242 g/mol. The van der Waals surface area contributed by atoms with Gasteiger partial charge in [0.15, 0.2) is 0 Å². The lowest BCUT2D eigenvalue weighted by Gasteiger charge is -2.22. The van der Waals surface area contributed by atoms with Gasteiger partial charge >= 0.3 is 0 Å². The quantitative estimate of drug-likeness (QED) is 0.660. The summed E-state index contributed by atoms with van der Waals surface area (Å²) in [6.45, 7) is 9.47. The molecule has 19 heavy (non-hydrogen) atoms. The van der Waals surface area contributed by atoms with E-state index in [-0.39, 0.29) is 0 Å². The van der Waals surface area contributed by atoms with E-state index in [1.165, 1.54) is 0 Å². The molecule has 1 aromatic carbocycles. The van der Waals surface area contributed by atoms with Crippen LogP contribution in [0.25, 0.3) is 0 Å². The molecule has 0 saturated heterocycles. The minimum Gasteiger partial charge on any atom is -0.508 e. The van der Waals surface area contributed by atoms with Crippen molar-refractivity contribution in [1.82, 2.24) is 4.90 Å². The van der Waals surface area contributed by atoms with Crippen molar-refractivity contribution < 1.29 is 14.6 Å². The van der Waals surface area contributed by atoms with Gasteiger partial charge in [0.25, 0.3) is 0 Å². The van der Waals surface area contributed by atoms with E-state index < -0.39 is 0 Å². The van der Waals surface area contributed by atoms with Crippen molar-refractivity contribution in [1.29, 1.82) is 0 Å². The molecule has 0 heterocycles. The second-order valence-electron chi connectivity index (χ2n) is 4.34. The predicted molar refractivity (Wildman–Crippen MR) is 76.4 cm³/mol. The molecule has 4 nitrogen and oxygen atoms in total. The van der Waals surface area contributed by atoms with Crippen LogP contribution in [0.2, 0.25) is 0 Å². The van der Waals surface area contributed by atoms with E-state index >= 15 is 0 Å². The molecule has 0 aliphatic rings. The van der Waals surface area contributed by atoms with Crippen molar-refractivity contribution in [2.45, 2.75) is 20.4 Å². The predicted octanol–water partition coefficient (Wildman–Crippen LogP) is 2.27. The van der Waals surface area contributed by atoms with E-state index in [1.54, 1.807) is 12.1 Å².